The predicted molar refractivity (Wildman–Crippen MR) is 179 cm³/mol. The van der Waals surface area contributed by atoms with Crippen molar-refractivity contribution >= 4 is 46.3 Å². The Morgan fingerprint density at radius 1 is 0.957 bits per heavy atom. The van der Waals surface area contributed by atoms with Crippen molar-refractivity contribution in [1.82, 2.24) is 14.9 Å². The number of carbonyl (C=O) groups excluding carboxylic acids is 3. The van der Waals surface area contributed by atoms with E-state index in [2.05, 4.69) is 25.9 Å². The molecular weight excluding hydrogens is 582 g/mol. The van der Waals surface area contributed by atoms with Crippen LogP contribution in [0.1, 0.15) is 54.6 Å². The van der Waals surface area contributed by atoms with Crippen molar-refractivity contribution in [3.05, 3.63) is 84.3 Å². The van der Waals surface area contributed by atoms with Gasteiger partial charge in [0.15, 0.2) is 0 Å². The summed E-state index contributed by atoms with van der Waals surface area (Å²) in [7, 11) is 3.95. The summed E-state index contributed by atoms with van der Waals surface area (Å²) in [5.41, 5.74) is 6.02. The molecule has 3 amide bonds. The zero-order valence-corrected chi connectivity index (χ0v) is 26.2. The Morgan fingerprint density at radius 3 is 2.52 bits per heavy atom. The standard InChI is InChI=1S/C35H37N7O4/c1-22-29-18-32(37-21-30(29)28-13-12-27(17-31(28)46-22)42-15-5-7-34(42)44)38-25-16-26(20-36-19-25)40-35(45)23-8-10-24(11-9-23)39-33(43)6-4-14-41(2)3/h8-13,16-22H,4-7,14-15H2,1-3H3,(H,37,38)(H,39,43)(H,40,45). The SMILES string of the molecule is CC1Oc2cc(N3CCCC3=O)ccc2-c2cnc(Nc3cncc(NC(=O)c4ccc(NC(=O)CCCN(C)C)cc4)c3)cc21. The molecule has 1 saturated heterocycles. The number of pyridine rings is 2. The van der Waals surface area contributed by atoms with Gasteiger partial charge in [-0.1, -0.05) is 0 Å². The van der Waals surface area contributed by atoms with Crippen LogP contribution in [-0.4, -0.2) is 59.8 Å². The Kier molecular flexibility index (Phi) is 8.93. The van der Waals surface area contributed by atoms with Gasteiger partial charge in [-0.3, -0.25) is 19.4 Å². The molecule has 4 aromatic rings. The molecule has 2 aromatic heterocycles. The second-order valence-corrected chi connectivity index (χ2v) is 11.8. The fourth-order valence-corrected chi connectivity index (χ4v) is 5.69. The van der Waals surface area contributed by atoms with Crippen LogP contribution >= 0.6 is 0 Å². The molecule has 0 radical (unpaired) electrons. The minimum Gasteiger partial charge on any atom is -0.485 e. The van der Waals surface area contributed by atoms with Crippen molar-refractivity contribution in [3.8, 4) is 16.9 Å². The number of nitrogens with zero attached hydrogens (tertiary/aromatic N) is 4. The lowest BCUT2D eigenvalue weighted by Crippen LogP contribution is -2.24. The minimum atomic E-state index is -0.295. The van der Waals surface area contributed by atoms with E-state index >= 15 is 0 Å². The van der Waals surface area contributed by atoms with E-state index in [4.69, 9.17) is 4.74 Å². The smallest absolute Gasteiger partial charge is 0.255 e. The van der Waals surface area contributed by atoms with Gasteiger partial charge < -0.3 is 30.5 Å². The van der Waals surface area contributed by atoms with Gasteiger partial charge in [0.05, 0.1) is 23.8 Å². The van der Waals surface area contributed by atoms with E-state index in [9.17, 15) is 14.4 Å². The number of hydrogen-bond donors (Lipinski definition) is 3. The van der Waals surface area contributed by atoms with Gasteiger partial charge in [-0.25, -0.2) is 4.98 Å². The summed E-state index contributed by atoms with van der Waals surface area (Å²) in [4.78, 5) is 50.1. The molecule has 236 valence electrons. The fraction of sp³-hybridized carbons (Fsp3) is 0.286. The summed E-state index contributed by atoms with van der Waals surface area (Å²) in [6.07, 6.45) is 7.49. The Bertz CT molecular complexity index is 1770. The Balaban J connectivity index is 1.09. The van der Waals surface area contributed by atoms with Crippen LogP contribution in [0, 0.1) is 0 Å². The monoisotopic (exact) mass is 619 g/mol. The maximum Gasteiger partial charge on any atom is 0.255 e. The zero-order valence-electron chi connectivity index (χ0n) is 26.2. The molecule has 2 aliphatic heterocycles. The number of carbonyl (C=O) groups is 3. The first-order valence-corrected chi connectivity index (χ1v) is 15.4. The van der Waals surface area contributed by atoms with Gasteiger partial charge in [0.2, 0.25) is 11.8 Å². The first-order valence-electron chi connectivity index (χ1n) is 15.4. The first-order chi connectivity index (χ1) is 22.2. The van der Waals surface area contributed by atoms with Gasteiger partial charge in [0.25, 0.3) is 5.91 Å². The summed E-state index contributed by atoms with van der Waals surface area (Å²) in [6, 6.07) is 16.4. The molecule has 46 heavy (non-hydrogen) atoms. The number of nitrogens with one attached hydrogen (secondary N) is 3. The van der Waals surface area contributed by atoms with Crippen LogP contribution in [0.5, 0.6) is 5.75 Å². The van der Waals surface area contributed by atoms with Gasteiger partial charge in [0, 0.05) is 65.3 Å². The highest BCUT2D eigenvalue weighted by molar-refractivity contribution is 6.05. The van der Waals surface area contributed by atoms with Crippen LogP contribution in [0.25, 0.3) is 11.1 Å². The number of fused-ring (bicyclic) bond motifs is 3. The van der Waals surface area contributed by atoms with E-state index in [0.29, 0.717) is 41.3 Å². The lowest BCUT2D eigenvalue weighted by molar-refractivity contribution is -0.117. The highest BCUT2D eigenvalue weighted by Gasteiger charge is 2.27. The number of rotatable bonds is 10. The molecular formula is C35H37N7O4. The van der Waals surface area contributed by atoms with Crippen LogP contribution < -0.4 is 25.6 Å². The molecule has 11 nitrogen and oxygen atoms in total. The second kappa shape index (κ2) is 13.4. The highest BCUT2D eigenvalue weighted by atomic mass is 16.5. The third-order valence-electron chi connectivity index (χ3n) is 8.03. The molecule has 1 atom stereocenters. The molecule has 1 fully saturated rings. The van der Waals surface area contributed by atoms with E-state index in [1.54, 1.807) is 42.7 Å². The Labute approximate surface area is 268 Å². The Hall–Kier alpha value is -5.29. The summed E-state index contributed by atoms with van der Waals surface area (Å²) >= 11 is 0. The zero-order chi connectivity index (χ0) is 32.2. The van der Waals surface area contributed by atoms with Crippen LogP contribution in [0.2, 0.25) is 0 Å². The molecule has 4 heterocycles. The van der Waals surface area contributed by atoms with Crippen molar-refractivity contribution in [2.24, 2.45) is 0 Å². The van der Waals surface area contributed by atoms with Gasteiger partial charge in [-0.2, -0.15) is 0 Å². The summed E-state index contributed by atoms with van der Waals surface area (Å²) in [5, 5.41) is 9.03. The molecule has 2 aliphatic rings. The van der Waals surface area contributed by atoms with Gasteiger partial charge in [-0.15, -0.1) is 0 Å². The molecule has 0 aliphatic carbocycles. The lowest BCUT2D eigenvalue weighted by Gasteiger charge is -2.28. The summed E-state index contributed by atoms with van der Waals surface area (Å²) in [5.74, 6) is 1.14. The highest BCUT2D eigenvalue weighted by Crippen LogP contribution is 2.44. The molecule has 1 unspecified atom stereocenters. The van der Waals surface area contributed by atoms with Crippen molar-refractivity contribution in [3.63, 3.8) is 0 Å². The number of anilines is 5. The third-order valence-corrected chi connectivity index (χ3v) is 8.03. The van der Waals surface area contributed by atoms with Crippen molar-refractivity contribution in [2.75, 3.05) is 48.0 Å². The molecule has 6 rings (SSSR count). The molecule has 0 spiro atoms. The Morgan fingerprint density at radius 2 is 1.76 bits per heavy atom. The van der Waals surface area contributed by atoms with Crippen LogP contribution in [-0.2, 0) is 9.59 Å². The first kappa shape index (κ1) is 30.7. The summed E-state index contributed by atoms with van der Waals surface area (Å²) in [6.45, 7) is 3.56. The summed E-state index contributed by atoms with van der Waals surface area (Å²) < 4.78 is 6.28. The molecule has 11 heteroatoms. The van der Waals surface area contributed by atoms with Gasteiger partial charge in [-0.05, 0) is 88.9 Å². The van der Waals surface area contributed by atoms with Crippen molar-refractivity contribution in [1.29, 1.82) is 0 Å². The predicted octanol–water partition coefficient (Wildman–Crippen LogP) is 6.00. The van der Waals surface area contributed by atoms with E-state index in [1.807, 2.05) is 61.3 Å². The number of benzene rings is 2. The number of amides is 3. The maximum absolute atomic E-state index is 12.9. The van der Waals surface area contributed by atoms with E-state index in [1.165, 1.54) is 0 Å². The lowest BCUT2D eigenvalue weighted by atomic mass is 9.94. The molecule has 3 N–H and O–H groups in total. The average Bonchev–Trinajstić information content (AvgIpc) is 3.47. The third kappa shape index (κ3) is 7.00. The quantitative estimate of drug-likeness (QED) is 0.197. The fourth-order valence-electron chi connectivity index (χ4n) is 5.69. The van der Waals surface area contributed by atoms with Gasteiger partial charge in [0.1, 0.15) is 17.7 Å². The van der Waals surface area contributed by atoms with Crippen molar-refractivity contribution < 1.29 is 19.1 Å². The van der Waals surface area contributed by atoms with E-state index in [0.717, 1.165) is 54.1 Å². The normalized spacial score (nSPS) is 15.2. The number of hydrogen-bond acceptors (Lipinski definition) is 8. The van der Waals surface area contributed by atoms with Gasteiger partial charge >= 0.3 is 0 Å². The van der Waals surface area contributed by atoms with Crippen molar-refractivity contribution in [2.45, 2.75) is 38.7 Å². The average molecular weight is 620 g/mol. The van der Waals surface area contributed by atoms with E-state index < -0.39 is 0 Å². The maximum atomic E-state index is 12.9. The second-order valence-electron chi connectivity index (χ2n) is 11.8. The molecule has 2 aromatic carbocycles. The van der Waals surface area contributed by atoms with E-state index in [-0.39, 0.29) is 23.8 Å². The topological polar surface area (TPSA) is 129 Å². The largest absolute Gasteiger partial charge is 0.485 e. The molecule has 0 bridgehead atoms. The van der Waals surface area contributed by atoms with Crippen LogP contribution in [0.3, 0.4) is 0 Å². The van der Waals surface area contributed by atoms with Crippen LogP contribution in [0.15, 0.2) is 73.2 Å². The minimum absolute atomic E-state index is 0.0556. The van der Waals surface area contributed by atoms with Crippen LogP contribution in [0.4, 0.5) is 28.6 Å². The molecule has 0 saturated carbocycles. The number of aromatic nitrogens is 2. The number of ether oxygens (including phenoxy) is 1.